The van der Waals surface area contributed by atoms with Crippen molar-refractivity contribution in [2.75, 3.05) is 62.2 Å². The molecule has 212 valence electrons. The normalized spacial score (nSPS) is 15.8. The quantitative estimate of drug-likeness (QED) is 0.411. The Morgan fingerprint density at radius 3 is 1.69 bits per heavy atom. The zero-order chi connectivity index (χ0) is 28.7. The number of hydrogen-bond donors (Lipinski definition) is 1. The van der Waals surface area contributed by atoms with E-state index in [4.69, 9.17) is 27.9 Å². The third-order valence-electron chi connectivity index (χ3n) is 5.68. The van der Waals surface area contributed by atoms with Gasteiger partial charge in [0.25, 0.3) is 11.4 Å². The van der Waals surface area contributed by atoms with E-state index in [0.717, 1.165) is 26.2 Å². The SMILES string of the molecule is CC(C)(C)OC(=O)N1CCN(c2ncc([N+](=O)[O-])cc2Cl)CC1.O=[N+]([O-])c1cnc(N2CCNCC2)c(Cl)c1. The van der Waals surface area contributed by atoms with Crippen LogP contribution in [0.25, 0.3) is 0 Å². The van der Waals surface area contributed by atoms with Crippen LogP contribution in [0.2, 0.25) is 10.0 Å². The molecular formula is C23H30Cl2N8O6. The molecule has 0 saturated carbocycles. The lowest BCUT2D eigenvalue weighted by molar-refractivity contribution is -0.385. The molecule has 0 atom stereocenters. The fourth-order valence-corrected chi connectivity index (χ4v) is 4.37. The molecule has 0 bridgehead atoms. The Labute approximate surface area is 235 Å². The van der Waals surface area contributed by atoms with E-state index < -0.39 is 15.4 Å². The molecule has 1 N–H and O–H groups in total. The van der Waals surface area contributed by atoms with Crippen LogP contribution in [-0.4, -0.2) is 88.8 Å². The molecule has 2 aromatic rings. The van der Waals surface area contributed by atoms with Gasteiger partial charge in [0.05, 0.1) is 19.9 Å². The Balaban J connectivity index is 0.000000230. The summed E-state index contributed by atoms with van der Waals surface area (Å²) in [5.41, 5.74) is -0.757. The van der Waals surface area contributed by atoms with Gasteiger partial charge in [-0.05, 0) is 20.8 Å². The number of halogens is 2. The summed E-state index contributed by atoms with van der Waals surface area (Å²) in [6, 6.07) is 2.62. The fraction of sp³-hybridized carbons (Fsp3) is 0.522. The lowest BCUT2D eigenvalue weighted by atomic mass is 10.2. The minimum atomic E-state index is -0.539. The minimum Gasteiger partial charge on any atom is -0.444 e. The summed E-state index contributed by atoms with van der Waals surface area (Å²) in [6.07, 6.45) is 2.07. The van der Waals surface area contributed by atoms with Crippen LogP contribution in [0.4, 0.5) is 27.8 Å². The fourth-order valence-electron chi connectivity index (χ4n) is 3.81. The van der Waals surface area contributed by atoms with Gasteiger partial charge in [-0.3, -0.25) is 20.2 Å². The Bertz CT molecular complexity index is 1200. The number of carbonyl (C=O) groups is 1. The van der Waals surface area contributed by atoms with Gasteiger partial charge in [0.15, 0.2) is 0 Å². The summed E-state index contributed by atoms with van der Waals surface area (Å²) in [4.78, 5) is 45.9. The molecule has 0 spiro atoms. The number of piperazine rings is 2. The molecule has 4 rings (SSSR count). The third-order valence-corrected chi connectivity index (χ3v) is 6.24. The molecular weight excluding hydrogens is 555 g/mol. The van der Waals surface area contributed by atoms with E-state index in [1.807, 2.05) is 30.6 Å². The second kappa shape index (κ2) is 13.0. The third kappa shape index (κ3) is 8.50. The van der Waals surface area contributed by atoms with Crippen LogP contribution in [0, 0.1) is 20.2 Å². The number of carbonyl (C=O) groups excluding carboxylic acids is 1. The van der Waals surface area contributed by atoms with Crippen LogP contribution >= 0.6 is 23.2 Å². The van der Waals surface area contributed by atoms with Crippen LogP contribution < -0.4 is 15.1 Å². The summed E-state index contributed by atoms with van der Waals surface area (Å²) in [5, 5.41) is 25.0. The standard InChI is InChI=1S/C14H19ClN4O4.C9H11ClN4O2/c1-14(2,3)23-13(20)18-6-4-17(5-7-18)12-11(15)8-10(9-16-12)19(21)22;10-8-5-7(14(15)16)6-12-9(8)13-3-1-11-2-4-13/h8-9H,4-7H2,1-3H3;5-6,11H,1-4H2. The number of anilines is 2. The number of ether oxygens (including phenoxy) is 1. The molecule has 2 aliphatic rings. The van der Waals surface area contributed by atoms with Gasteiger partial charge in [-0.2, -0.15) is 0 Å². The Hall–Kier alpha value is -3.49. The van der Waals surface area contributed by atoms with Gasteiger partial charge in [0.2, 0.25) is 0 Å². The molecule has 4 heterocycles. The number of nitrogens with zero attached hydrogens (tertiary/aromatic N) is 7. The highest BCUT2D eigenvalue weighted by Gasteiger charge is 2.27. The van der Waals surface area contributed by atoms with Crippen molar-refractivity contribution in [3.05, 3.63) is 54.8 Å². The first-order chi connectivity index (χ1) is 18.4. The smallest absolute Gasteiger partial charge is 0.410 e. The predicted molar refractivity (Wildman–Crippen MR) is 147 cm³/mol. The number of pyridine rings is 2. The van der Waals surface area contributed by atoms with E-state index in [0.29, 0.717) is 42.8 Å². The number of rotatable bonds is 4. The van der Waals surface area contributed by atoms with Crippen LogP contribution in [0.5, 0.6) is 0 Å². The summed E-state index contributed by atoms with van der Waals surface area (Å²) >= 11 is 12.1. The zero-order valence-electron chi connectivity index (χ0n) is 21.8. The predicted octanol–water partition coefficient (Wildman–Crippen LogP) is 3.75. The average Bonchev–Trinajstić information content (AvgIpc) is 2.88. The minimum absolute atomic E-state index is 0.0797. The monoisotopic (exact) mass is 584 g/mol. The molecule has 2 fully saturated rings. The van der Waals surface area contributed by atoms with Crippen LogP contribution in [-0.2, 0) is 4.74 Å². The molecule has 2 saturated heterocycles. The van der Waals surface area contributed by atoms with Crippen molar-refractivity contribution in [2.45, 2.75) is 26.4 Å². The largest absolute Gasteiger partial charge is 0.444 e. The first kappa shape index (κ1) is 30.1. The van der Waals surface area contributed by atoms with Crippen LogP contribution in [0.1, 0.15) is 20.8 Å². The molecule has 16 heteroatoms. The van der Waals surface area contributed by atoms with Crippen molar-refractivity contribution in [3.8, 4) is 0 Å². The first-order valence-corrected chi connectivity index (χ1v) is 12.9. The van der Waals surface area contributed by atoms with E-state index in [2.05, 4.69) is 15.3 Å². The van der Waals surface area contributed by atoms with Crippen molar-refractivity contribution in [1.29, 1.82) is 0 Å². The summed E-state index contributed by atoms with van der Waals surface area (Å²) < 4.78 is 5.34. The molecule has 0 aliphatic carbocycles. The van der Waals surface area contributed by atoms with E-state index in [-0.39, 0.29) is 22.5 Å². The van der Waals surface area contributed by atoms with Gasteiger partial charge in [0.1, 0.15) is 29.6 Å². The van der Waals surface area contributed by atoms with Gasteiger partial charge in [-0.1, -0.05) is 23.2 Å². The van der Waals surface area contributed by atoms with Crippen molar-refractivity contribution >= 4 is 52.3 Å². The van der Waals surface area contributed by atoms with Crippen LogP contribution in [0.15, 0.2) is 24.5 Å². The number of nitro groups is 2. The van der Waals surface area contributed by atoms with E-state index in [1.165, 1.54) is 24.5 Å². The first-order valence-electron chi connectivity index (χ1n) is 12.1. The van der Waals surface area contributed by atoms with E-state index in [1.54, 1.807) is 4.90 Å². The van der Waals surface area contributed by atoms with Gasteiger partial charge < -0.3 is 24.8 Å². The van der Waals surface area contributed by atoms with Gasteiger partial charge in [-0.15, -0.1) is 0 Å². The maximum Gasteiger partial charge on any atom is 0.410 e. The van der Waals surface area contributed by atoms with Crippen molar-refractivity contribution in [3.63, 3.8) is 0 Å². The number of hydrogen-bond acceptors (Lipinski definition) is 11. The van der Waals surface area contributed by atoms with Gasteiger partial charge in [-0.25, -0.2) is 14.8 Å². The van der Waals surface area contributed by atoms with E-state index >= 15 is 0 Å². The van der Waals surface area contributed by atoms with Crippen molar-refractivity contribution in [1.82, 2.24) is 20.2 Å². The Morgan fingerprint density at radius 1 is 0.872 bits per heavy atom. The molecule has 39 heavy (non-hydrogen) atoms. The summed E-state index contributed by atoms with van der Waals surface area (Å²) in [5.74, 6) is 1.11. The highest BCUT2D eigenvalue weighted by Crippen LogP contribution is 2.28. The number of nitrogens with one attached hydrogen (secondary N) is 1. The van der Waals surface area contributed by atoms with Crippen molar-refractivity contribution < 1.29 is 19.4 Å². The highest BCUT2D eigenvalue weighted by molar-refractivity contribution is 6.33. The van der Waals surface area contributed by atoms with Gasteiger partial charge >= 0.3 is 6.09 Å². The summed E-state index contributed by atoms with van der Waals surface area (Å²) in [6.45, 7) is 10.8. The lowest BCUT2D eigenvalue weighted by Gasteiger charge is -2.36. The summed E-state index contributed by atoms with van der Waals surface area (Å²) in [7, 11) is 0. The van der Waals surface area contributed by atoms with E-state index in [9.17, 15) is 25.0 Å². The molecule has 2 aromatic heterocycles. The average molecular weight is 585 g/mol. The molecule has 0 radical (unpaired) electrons. The Kier molecular flexibility index (Phi) is 10.1. The maximum absolute atomic E-state index is 12.0. The molecule has 1 amide bonds. The van der Waals surface area contributed by atoms with Crippen molar-refractivity contribution in [2.24, 2.45) is 0 Å². The van der Waals surface area contributed by atoms with Gasteiger partial charge in [0, 0.05) is 64.5 Å². The topological polar surface area (TPSA) is 160 Å². The zero-order valence-corrected chi connectivity index (χ0v) is 23.3. The second-order valence-electron chi connectivity index (χ2n) is 9.70. The Morgan fingerprint density at radius 2 is 1.31 bits per heavy atom. The highest BCUT2D eigenvalue weighted by atomic mass is 35.5. The second-order valence-corrected chi connectivity index (χ2v) is 10.5. The van der Waals surface area contributed by atoms with Crippen LogP contribution in [0.3, 0.4) is 0 Å². The molecule has 0 aromatic carbocycles. The number of amides is 1. The number of aromatic nitrogens is 2. The molecule has 14 nitrogen and oxygen atoms in total. The lowest BCUT2D eigenvalue weighted by Crippen LogP contribution is -2.50. The molecule has 0 unspecified atom stereocenters. The maximum atomic E-state index is 12.0. The molecule has 2 aliphatic heterocycles.